The van der Waals surface area contributed by atoms with Crippen molar-refractivity contribution in [2.45, 2.75) is 109 Å². The van der Waals surface area contributed by atoms with Gasteiger partial charge in [0, 0.05) is 6.54 Å². The lowest BCUT2D eigenvalue weighted by molar-refractivity contribution is 0.0322. The van der Waals surface area contributed by atoms with Gasteiger partial charge in [0.1, 0.15) is 12.7 Å². The number of carbonyl (C=O) groups excluding carboxylic acids is 1. The number of amides is 1. The van der Waals surface area contributed by atoms with Crippen LogP contribution in [-0.2, 0) is 4.74 Å². The second-order valence-corrected chi connectivity index (χ2v) is 7.31. The highest BCUT2D eigenvalue weighted by atomic mass is 16.6. The summed E-state index contributed by atoms with van der Waals surface area (Å²) >= 11 is 0. The maximum Gasteiger partial charge on any atom is 0.407 e. The van der Waals surface area contributed by atoms with Gasteiger partial charge in [-0.2, -0.15) is 0 Å². The number of aliphatic hydroxyl groups is 2. The fourth-order valence-corrected chi connectivity index (χ4v) is 2.96. The minimum atomic E-state index is -0.994. The Hall–Kier alpha value is -0.810. The number of rotatable bonds is 19. The second-order valence-electron chi connectivity index (χ2n) is 7.31. The third-order valence-corrected chi connectivity index (χ3v) is 4.67. The zero-order chi connectivity index (χ0) is 19.3. The Kier molecular flexibility index (Phi) is 19.9. The summed E-state index contributed by atoms with van der Waals surface area (Å²) in [6, 6.07) is 0. The summed E-state index contributed by atoms with van der Waals surface area (Å²) in [4.78, 5) is 11.3. The van der Waals surface area contributed by atoms with Crippen LogP contribution in [0.25, 0.3) is 0 Å². The fourth-order valence-electron chi connectivity index (χ4n) is 2.96. The van der Waals surface area contributed by atoms with Crippen LogP contribution in [0, 0.1) is 0 Å². The molecule has 5 heteroatoms. The van der Waals surface area contributed by atoms with Crippen molar-refractivity contribution in [3.05, 3.63) is 0 Å². The minimum absolute atomic E-state index is 0.165. The van der Waals surface area contributed by atoms with Gasteiger partial charge in [0.25, 0.3) is 0 Å². The molecule has 0 spiro atoms. The van der Waals surface area contributed by atoms with Crippen LogP contribution in [0.4, 0.5) is 4.79 Å². The van der Waals surface area contributed by atoms with Crippen molar-refractivity contribution in [2.24, 2.45) is 0 Å². The van der Waals surface area contributed by atoms with Crippen molar-refractivity contribution in [3.63, 3.8) is 0 Å². The standard InChI is InChI=1S/C21H43NO4/c1-2-3-4-5-6-7-8-9-10-11-12-13-14-15-16-17-22-21(25)26-19-20(24)18-23/h20,23-24H,2-19H2,1H3,(H,22,25)/t20-/m1/s1. The van der Waals surface area contributed by atoms with Gasteiger partial charge in [0.15, 0.2) is 0 Å². The summed E-state index contributed by atoms with van der Waals surface area (Å²) in [6.07, 6.45) is 18.3. The van der Waals surface area contributed by atoms with Gasteiger partial charge in [0.05, 0.1) is 6.61 Å². The fraction of sp³-hybridized carbons (Fsp3) is 0.952. The molecule has 1 atom stereocenters. The van der Waals surface area contributed by atoms with Crippen LogP contribution in [0.5, 0.6) is 0 Å². The Morgan fingerprint density at radius 3 is 1.65 bits per heavy atom. The molecule has 0 aliphatic rings. The van der Waals surface area contributed by atoms with Gasteiger partial charge in [0.2, 0.25) is 0 Å². The molecule has 3 N–H and O–H groups in total. The number of nitrogens with one attached hydrogen (secondary N) is 1. The van der Waals surface area contributed by atoms with E-state index >= 15 is 0 Å². The molecule has 1 amide bonds. The Morgan fingerprint density at radius 1 is 0.808 bits per heavy atom. The molecule has 0 heterocycles. The van der Waals surface area contributed by atoms with Crippen molar-refractivity contribution in [3.8, 4) is 0 Å². The summed E-state index contributed by atoms with van der Waals surface area (Å²) in [6.45, 7) is 2.31. The molecule has 0 bridgehead atoms. The number of ether oxygens (including phenoxy) is 1. The second kappa shape index (κ2) is 20.5. The van der Waals surface area contributed by atoms with Crippen LogP contribution in [0.3, 0.4) is 0 Å². The van der Waals surface area contributed by atoms with Gasteiger partial charge in [-0.15, -0.1) is 0 Å². The minimum Gasteiger partial charge on any atom is -0.447 e. The van der Waals surface area contributed by atoms with Crippen molar-refractivity contribution < 1.29 is 19.7 Å². The Bertz CT molecular complexity index is 300. The van der Waals surface area contributed by atoms with Gasteiger partial charge in [-0.3, -0.25) is 0 Å². The third kappa shape index (κ3) is 19.5. The predicted octanol–water partition coefficient (Wildman–Crippen LogP) is 4.94. The first-order chi connectivity index (χ1) is 12.7. The van der Waals surface area contributed by atoms with E-state index in [9.17, 15) is 4.79 Å². The Morgan fingerprint density at radius 2 is 1.23 bits per heavy atom. The van der Waals surface area contributed by atoms with Crippen LogP contribution in [-0.4, -0.2) is 42.2 Å². The zero-order valence-corrected chi connectivity index (χ0v) is 17.0. The molecule has 0 aliphatic carbocycles. The van der Waals surface area contributed by atoms with Gasteiger partial charge >= 0.3 is 6.09 Å². The van der Waals surface area contributed by atoms with E-state index in [0.29, 0.717) is 6.54 Å². The first kappa shape index (κ1) is 25.2. The van der Waals surface area contributed by atoms with Gasteiger partial charge in [-0.05, 0) is 6.42 Å². The molecule has 26 heavy (non-hydrogen) atoms. The number of unbranched alkanes of at least 4 members (excludes halogenated alkanes) is 14. The van der Waals surface area contributed by atoms with Crippen LogP contribution in [0.1, 0.15) is 103 Å². The molecule has 0 fully saturated rings. The van der Waals surface area contributed by atoms with Crippen molar-refractivity contribution >= 4 is 6.09 Å². The topological polar surface area (TPSA) is 78.8 Å². The van der Waals surface area contributed by atoms with E-state index in [1.165, 1.54) is 83.5 Å². The number of hydrogen-bond donors (Lipinski definition) is 3. The maximum atomic E-state index is 11.3. The molecule has 0 unspecified atom stereocenters. The highest BCUT2D eigenvalue weighted by molar-refractivity contribution is 5.67. The van der Waals surface area contributed by atoms with E-state index in [4.69, 9.17) is 14.9 Å². The first-order valence-corrected chi connectivity index (χ1v) is 10.9. The normalized spacial score (nSPS) is 12.1. The lowest BCUT2D eigenvalue weighted by atomic mass is 10.0. The number of carbonyl (C=O) groups is 1. The molecule has 0 aromatic carbocycles. The van der Waals surface area contributed by atoms with Gasteiger partial charge in [-0.25, -0.2) is 4.79 Å². The molecular formula is C21H43NO4. The Balaban J connectivity index is 3.12. The number of alkyl carbamates (subject to hydrolysis) is 1. The van der Waals surface area contributed by atoms with Crippen molar-refractivity contribution in [1.29, 1.82) is 0 Å². The molecular weight excluding hydrogens is 330 g/mol. The predicted molar refractivity (Wildman–Crippen MR) is 107 cm³/mol. The van der Waals surface area contributed by atoms with E-state index in [1.807, 2.05) is 0 Å². The van der Waals surface area contributed by atoms with Crippen LogP contribution in [0.2, 0.25) is 0 Å². The molecule has 0 radical (unpaired) electrons. The molecule has 5 nitrogen and oxygen atoms in total. The summed E-state index contributed by atoms with van der Waals surface area (Å²) in [7, 11) is 0. The summed E-state index contributed by atoms with van der Waals surface area (Å²) in [5, 5.41) is 20.3. The van der Waals surface area contributed by atoms with Crippen molar-refractivity contribution in [2.75, 3.05) is 19.8 Å². The largest absolute Gasteiger partial charge is 0.447 e. The lowest BCUT2D eigenvalue weighted by Crippen LogP contribution is -2.29. The van der Waals surface area contributed by atoms with Crippen LogP contribution < -0.4 is 5.32 Å². The molecule has 0 rings (SSSR count). The van der Waals surface area contributed by atoms with E-state index in [-0.39, 0.29) is 6.61 Å². The average Bonchev–Trinajstić information content (AvgIpc) is 2.65. The SMILES string of the molecule is CCCCCCCCCCCCCCCCCNC(=O)OC[C@H](O)CO. The van der Waals surface area contributed by atoms with E-state index < -0.39 is 18.8 Å². The Labute approximate surface area is 160 Å². The van der Waals surface area contributed by atoms with Gasteiger partial charge < -0.3 is 20.3 Å². The van der Waals surface area contributed by atoms with Crippen LogP contribution >= 0.6 is 0 Å². The lowest BCUT2D eigenvalue weighted by Gasteiger charge is -2.09. The molecule has 156 valence electrons. The summed E-state index contributed by atoms with van der Waals surface area (Å²) in [5.74, 6) is 0. The van der Waals surface area contributed by atoms with E-state index in [0.717, 1.165) is 12.8 Å². The number of hydrogen-bond acceptors (Lipinski definition) is 4. The monoisotopic (exact) mass is 373 g/mol. The molecule has 0 saturated carbocycles. The summed E-state index contributed by atoms with van der Waals surface area (Å²) in [5.41, 5.74) is 0. The summed E-state index contributed by atoms with van der Waals surface area (Å²) < 4.78 is 4.76. The molecule has 0 saturated heterocycles. The maximum absolute atomic E-state index is 11.3. The molecule has 0 aromatic rings. The molecule has 0 aromatic heterocycles. The van der Waals surface area contributed by atoms with E-state index in [2.05, 4.69) is 12.2 Å². The highest BCUT2D eigenvalue weighted by Crippen LogP contribution is 2.13. The third-order valence-electron chi connectivity index (χ3n) is 4.67. The first-order valence-electron chi connectivity index (χ1n) is 10.9. The number of aliphatic hydroxyl groups excluding tert-OH is 2. The molecule has 0 aliphatic heterocycles. The van der Waals surface area contributed by atoms with Crippen molar-refractivity contribution in [1.82, 2.24) is 5.32 Å². The highest BCUT2D eigenvalue weighted by Gasteiger charge is 2.06. The average molecular weight is 374 g/mol. The van der Waals surface area contributed by atoms with E-state index in [1.54, 1.807) is 0 Å². The quantitative estimate of drug-likeness (QED) is 0.280. The van der Waals surface area contributed by atoms with Crippen LogP contribution in [0.15, 0.2) is 0 Å². The smallest absolute Gasteiger partial charge is 0.407 e. The zero-order valence-electron chi connectivity index (χ0n) is 17.0. The van der Waals surface area contributed by atoms with Gasteiger partial charge in [-0.1, -0.05) is 96.8 Å².